The minimum Gasteiger partial charge on any atom is -0.329 e. The van der Waals surface area contributed by atoms with Gasteiger partial charge in [-0.2, -0.15) is 0 Å². The highest BCUT2D eigenvalue weighted by Gasteiger charge is 2.39. The third-order valence-electron chi connectivity index (χ3n) is 1.49. The van der Waals surface area contributed by atoms with Crippen molar-refractivity contribution in [3.8, 4) is 0 Å². The molecule has 1 rings (SSSR count). The van der Waals surface area contributed by atoms with Crippen molar-refractivity contribution in [1.29, 1.82) is 0 Å². The van der Waals surface area contributed by atoms with Gasteiger partial charge in [-0.1, -0.05) is 0 Å². The molecule has 0 N–H and O–H groups in total. The van der Waals surface area contributed by atoms with Gasteiger partial charge in [-0.3, -0.25) is 9.59 Å². The molecule has 0 spiro atoms. The number of rotatable bonds is 1. The van der Waals surface area contributed by atoms with Gasteiger partial charge in [0, 0.05) is 13.5 Å². The van der Waals surface area contributed by atoms with Crippen molar-refractivity contribution in [3.05, 3.63) is 0 Å². The first kappa shape index (κ1) is 6.26. The maximum atomic E-state index is 10.5. The predicted molar refractivity (Wildman–Crippen MR) is 31.9 cm³/mol. The highest BCUT2D eigenvalue weighted by molar-refractivity contribution is 5.91. The van der Waals surface area contributed by atoms with Crippen molar-refractivity contribution in [3.63, 3.8) is 0 Å². The lowest BCUT2D eigenvalue weighted by molar-refractivity contribution is -0.126. The van der Waals surface area contributed by atoms with Crippen molar-refractivity contribution >= 4 is 11.7 Å². The fourth-order valence-corrected chi connectivity index (χ4v) is 0.835. The van der Waals surface area contributed by atoms with Crippen LogP contribution in [-0.2, 0) is 9.59 Å². The van der Waals surface area contributed by atoms with Crippen LogP contribution < -0.4 is 0 Å². The van der Waals surface area contributed by atoms with Crippen LogP contribution in [0.3, 0.4) is 0 Å². The first-order valence-corrected chi connectivity index (χ1v) is 2.90. The zero-order valence-corrected chi connectivity index (χ0v) is 5.55. The highest BCUT2D eigenvalue weighted by atomic mass is 16.2. The Balaban J connectivity index is 2.42. The molecule has 1 atom stereocenters. The van der Waals surface area contributed by atoms with Crippen molar-refractivity contribution in [2.24, 2.45) is 0 Å². The average molecular weight is 127 g/mol. The number of Topliss-reactive ketones (excluding diaryl/α,β-unsaturated/α-hetero) is 1. The molecule has 0 aromatic rings. The van der Waals surface area contributed by atoms with E-state index in [9.17, 15) is 9.59 Å². The molecule has 1 unspecified atom stereocenters. The summed E-state index contributed by atoms with van der Waals surface area (Å²) < 4.78 is 0. The Kier molecular flexibility index (Phi) is 1.27. The Hall–Kier alpha value is -0.860. The Morgan fingerprint density at radius 1 is 1.44 bits per heavy atom. The number of hydrogen-bond donors (Lipinski definition) is 0. The average Bonchev–Trinajstić information content (AvgIpc) is 2.39. The van der Waals surface area contributed by atoms with Gasteiger partial charge in [0.15, 0.2) is 5.78 Å². The van der Waals surface area contributed by atoms with E-state index in [0.717, 1.165) is 0 Å². The number of amides is 1. The lowest BCUT2D eigenvalue weighted by Crippen LogP contribution is -2.13. The van der Waals surface area contributed by atoms with Crippen LogP contribution in [-0.4, -0.2) is 29.2 Å². The highest BCUT2D eigenvalue weighted by Crippen LogP contribution is 2.17. The van der Waals surface area contributed by atoms with E-state index in [-0.39, 0.29) is 17.7 Å². The van der Waals surface area contributed by atoms with Gasteiger partial charge in [-0.05, 0) is 6.92 Å². The van der Waals surface area contributed by atoms with Gasteiger partial charge in [0.1, 0.15) is 6.04 Å². The van der Waals surface area contributed by atoms with Crippen molar-refractivity contribution in [2.45, 2.75) is 19.9 Å². The van der Waals surface area contributed by atoms with E-state index < -0.39 is 0 Å². The summed E-state index contributed by atoms with van der Waals surface area (Å²) in [6.45, 7) is 3.61. The second-order valence-corrected chi connectivity index (χ2v) is 2.30. The normalized spacial score (nSPS) is 23.8. The standard InChI is InChI=1S/C6H9NO2/c1-4(8)6-3-7(6)5(2)9/h6H,3H2,1-2H3. The molecule has 1 fully saturated rings. The number of hydrogen-bond acceptors (Lipinski definition) is 2. The summed E-state index contributed by atoms with van der Waals surface area (Å²) in [5, 5.41) is 0. The summed E-state index contributed by atoms with van der Waals surface area (Å²) in [7, 11) is 0. The summed E-state index contributed by atoms with van der Waals surface area (Å²) in [5.41, 5.74) is 0. The molecule has 0 bridgehead atoms. The van der Waals surface area contributed by atoms with Gasteiger partial charge in [0.25, 0.3) is 0 Å². The molecule has 0 radical (unpaired) electrons. The fraction of sp³-hybridized carbons (Fsp3) is 0.667. The molecule has 50 valence electrons. The van der Waals surface area contributed by atoms with E-state index in [4.69, 9.17) is 0 Å². The van der Waals surface area contributed by atoms with Gasteiger partial charge in [-0.25, -0.2) is 0 Å². The zero-order valence-electron chi connectivity index (χ0n) is 5.55. The summed E-state index contributed by atoms with van der Waals surface area (Å²) in [6.07, 6.45) is 0. The first-order chi connectivity index (χ1) is 4.13. The molecule has 0 aromatic heterocycles. The smallest absolute Gasteiger partial charge is 0.220 e. The third kappa shape index (κ3) is 1.09. The molecular weight excluding hydrogens is 118 g/mol. The van der Waals surface area contributed by atoms with E-state index in [2.05, 4.69) is 0 Å². The Morgan fingerprint density at radius 2 is 2.00 bits per heavy atom. The van der Waals surface area contributed by atoms with E-state index >= 15 is 0 Å². The maximum Gasteiger partial charge on any atom is 0.220 e. The molecule has 1 aliphatic heterocycles. The molecule has 1 heterocycles. The van der Waals surface area contributed by atoms with Gasteiger partial charge >= 0.3 is 0 Å². The van der Waals surface area contributed by atoms with Gasteiger partial charge in [0.05, 0.1) is 0 Å². The summed E-state index contributed by atoms with van der Waals surface area (Å²) in [5.74, 6) is 0.0837. The van der Waals surface area contributed by atoms with Crippen LogP contribution in [0.2, 0.25) is 0 Å². The molecule has 3 nitrogen and oxygen atoms in total. The topological polar surface area (TPSA) is 37.1 Å². The predicted octanol–water partition coefficient (Wildman–Crippen LogP) is -0.194. The molecule has 9 heavy (non-hydrogen) atoms. The largest absolute Gasteiger partial charge is 0.329 e. The van der Waals surface area contributed by atoms with E-state index in [0.29, 0.717) is 6.54 Å². The van der Waals surface area contributed by atoms with Crippen LogP contribution in [0.1, 0.15) is 13.8 Å². The molecule has 1 saturated heterocycles. The zero-order chi connectivity index (χ0) is 7.02. The van der Waals surface area contributed by atoms with Crippen LogP contribution in [0.25, 0.3) is 0 Å². The fourth-order valence-electron chi connectivity index (χ4n) is 0.835. The van der Waals surface area contributed by atoms with Crippen LogP contribution in [0.4, 0.5) is 0 Å². The molecule has 1 amide bonds. The van der Waals surface area contributed by atoms with Crippen LogP contribution >= 0.6 is 0 Å². The molecule has 0 saturated carbocycles. The van der Waals surface area contributed by atoms with Gasteiger partial charge in [-0.15, -0.1) is 0 Å². The van der Waals surface area contributed by atoms with E-state index in [1.165, 1.54) is 13.8 Å². The lowest BCUT2D eigenvalue weighted by Gasteiger charge is -1.92. The van der Waals surface area contributed by atoms with Crippen LogP contribution in [0.15, 0.2) is 0 Å². The Morgan fingerprint density at radius 3 is 2.11 bits per heavy atom. The lowest BCUT2D eigenvalue weighted by atomic mass is 10.3. The minimum atomic E-state index is -0.0949. The van der Waals surface area contributed by atoms with E-state index in [1.807, 2.05) is 0 Å². The summed E-state index contributed by atoms with van der Waals surface area (Å²) >= 11 is 0. The second kappa shape index (κ2) is 1.83. The van der Waals surface area contributed by atoms with Crippen molar-refractivity contribution in [2.75, 3.05) is 6.54 Å². The van der Waals surface area contributed by atoms with Gasteiger partial charge < -0.3 is 4.90 Å². The molecule has 0 aromatic carbocycles. The van der Waals surface area contributed by atoms with Crippen LogP contribution in [0.5, 0.6) is 0 Å². The van der Waals surface area contributed by atoms with Crippen molar-refractivity contribution in [1.82, 2.24) is 4.90 Å². The summed E-state index contributed by atoms with van der Waals surface area (Å²) in [4.78, 5) is 22.6. The quantitative estimate of drug-likeness (QED) is 0.458. The van der Waals surface area contributed by atoms with E-state index in [1.54, 1.807) is 4.90 Å². The Bertz CT molecular complexity index is 146. The maximum absolute atomic E-state index is 10.5. The second-order valence-electron chi connectivity index (χ2n) is 2.30. The molecule has 3 heteroatoms. The molecule has 1 aliphatic rings. The minimum absolute atomic E-state index is 0.00444. The SMILES string of the molecule is CC(=O)C1CN1C(C)=O. The summed E-state index contributed by atoms with van der Waals surface area (Å²) in [6, 6.07) is -0.0949. The Labute approximate surface area is 53.6 Å². The number of ketones is 1. The van der Waals surface area contributed by atoms with Gasteiger partial charge in [0.2, 0.25) is 5.91 Å². The number of carbonyl (C=O) groups is 2. The molecule has 0 aliphatic carbocycles. The molecular formula is C6H9NO2. The number of carbonyl (C=O) groups excluding carboxylic acids is 2. The third-order valence-corrected chi connectivity index (χ3v) is 1.49. The van der Waals surface area contributed by atoms with Crippen LogP contribution in [0, 0.1) is 0 Å². The monoisotopic (exact) mass is 127 g/mol. The first-order valence-electron chi connectivity index (χ1n) is 2.90. The van der Waals surface area contributed by atoms with Crippen molar-refractivity contribution < 1.29 is 9.59 Å². The number of nitrogens with zero attached hydrogens (tertiary/aromatic N) is 1.